The first kappa shape index (κ1) is 23.7. The van der Waals surface area contributed by atoms with Gasteiger partial charge in [0.05, 0.1) is 46.9 Å². The minimum absolute atomic E-state index is 0.0224. The summed E-state index contributed by atoms with van der Waals surface area (Å²) in [5, 5.41) is 12.6. The fourth-order valence-corrected chi connectivity index (χ4v) is 5.12. The van der Waals surface area contributed by atoms with Crippen LogP contribution in [0.15, 0.2) is 35.5 Å². The number of pyridine rings is 2. The molecular weight excluding hydrogens is 444 g/mol. The Morgan fingerprint density at radius 3 is 2.82 bits per heavy atom. The lowest BCUT2D eigenvalue weighted by Crippen LogP contribution is -2.31. The maximum Gasteiger partial charge on any atom is 0.253 e. The zero-order valence-electron chi connectivity index (χ0n) is 18.7. The van der Waals surface area contributed by atoms with E-state index in [0.717, 1.165) is 50.5 Å². The summed E-state index contributed by atoms with van der Waals surface area (Å²) in [6, 6.07) is 4.05. The smallest absolute Gasteiger partial charge is 0.253 e. The lowest BCUT2D eigenvalue weighted by Gasteiger charge is -2.26. The number of ether oxygens (including phenoxy) is 1. The van der Waals surface area contributed by atoms with Crippen molar-refractivity contribution in [2.24, 2.45) is 5.92 Å². The number of carbonyl (C=O) groups excluding carboxylic acids is 1. The number of sulfone groups is 1. The number of amides is 1. The molecule has 2 aromatic heterocycles. The summed E-state index contributed by atoms with van der Waals surface area (Å²) in [6.45, 7) is 5.32. The van der Waals surface area contributed by atoms with E-state index in [1.54, 1.807) is 13.1 Å². The van der Waals surface area contributed by atoms with Crippen molar-refractivity contribution in [3.63, 3.8) is 0 Å². The minimum Gasteiger partial charge on any atom is -0.394 e. The second-order valence-electron chi connectivity index (χ2n) is 8.61. The van der Waals surface area contributed by atoms with Gasteiger partial charge in [-0.15, -0.1) is 0 Å². The predicted molar refractivity (Wildman–Crippen MR) is 121 cm³/mol. The molecule has 33 heavy (non-hydrogen) atoms. The average Bonchev–Trinajstić information content (AvgIpc) is 3.24. The molecule has 2 N–H and O–H groups in total. The highest BCUT2D eigenvalue weighted by atomic mass is 32.2. The van der Waals surface area contributed by atoms with E-state index in [2.05, 4.69) is 20.2 Å². The van der Waals surface area contributed by atoms with Gasteiger partial charge in [-0.1, -0.05) is 6.92 Å². The first-order valence-corrected chi connectivity index (χ1v) is 12.9. The molecule has 2 unspecified atom stereocenters. The Bertz CT molecular complexity index is 1080. The van der Waals surface area contributed by atoms with Crippen LogP contribution in [0.2, 0.25) is 0 Å². The molecule has 2 atom stereocenters. The molecule has 2 aromatic rings. The zero-order chi connectivity index (χ0) is 23.4. The van der Waals surface area contributed by atoms with Gasteiger partial charge in [0.25, 0.3) is 5.91 Å². The number of nitrogens with one attached hydrogen (secondary N) is 1. The van der Waals surface area contributed by atoms with Gasteiger partial charge in [0.15, 0.2) is 9.84 Å². The molecule has 2 aliphatic rings. The van der Waals surface area contributed by atoms with Crippen molar-refractivity contribution < 1.29 is 23.1 Å². The van der Waals surface area contributed by atoms with E-state index in [1.165, 1.54) is 24.8 Å². The maximum absolute atomic E-state index is 12.8. The van der Waals surface area contributed by atoms with Crippen molar-refractivity contribution in [1.29, 1.82) is 0 Å². The zero-order valence-corrected chi connectivity index (χ0v) is 19.6. The van der Waals surface area contributed by atoms with E-state index in [0.29, 0.717) is 17.2 Å². The van der Waals surface area contributed by atoms with Crippen LogP contribution in [0, 0.1) is 5.92 Å². The van der Waals surface area contributed by atoms with Crippen molar-refractivity contribution in [2.75, 3.05) is 32.1 Å². The number of fused-ring (bicyclic) bond motifs is 1. The van der Waals surface area contributed by atoms with Crippen LogP contribution in [-0.2, 0) is 27.7 Å². The van der Waals surface area contributed by atoms with Gasteiger partial charge in [-0.25, -0.2) is 8.42 Å². The first-order chi connectivity index (χ1) is 15.9. The molecule has 1 fully saturated rings. The molecule has 4 heterocycles. The molecule has 0 saturated carbocycles. The highest BCUT2D eigenvalue weighted by Gasteiger charge is 2.26. The van der Waals surface area contributed by atoms with Crippen LogP contribution in [0.5, 0.6) is 0 Å². The number of aromatic nitrogens is 2. The Morgan fingerprint density at radius 2 is 2.15 bits per heavy atom. The molecule has 0 spiro atoms. The highest BCUT2D eigenvalue weighted by molar-refractivity contribution is 7.91. The Morgan fingerprint density at radius 1 is 1.30 bits per heavy atom. The fourth-order valence-electron chi connectivity index (χ4n) is 4.30. The number of rotatable bonds is 8. The summed E-state index contributed by atoms with van der Waals surface area (Å²) >= 11 is 0. The molecule has 0 aromatic carbocycles. The van der Waals surface area contributed by atoms with Crippen molar-refractivity contribution in [2.45, 2.75) is 43.8 Å². The van der Waals surface area contributed by atoms with E-state index in [1.807, 2.05) is 6.07 Å². The lowest BCUT2D eigenvalue weighted by atomic mass is 10.0. The molecule has 0 aliphatic carbocycles. The van der Waals surface area contributed by atoms with Crippen LogP contribution in [0.1, 0.15) is 53.1 Å². The van der Waals surface area contributed by atoms with Gasteiger partial charge in [-0.3, -0.25) is 19.7 Å². The normalized spacial score (nSPS) is 19.8. The van der Waals surface area contributed by atoms with Gasteiger partial charge in [0, 0.05) is 38.6 Å². The summed E-state index contributed by atoms with van der Waals surface area (Å²) < 4.78 is 29.5. The largest absolute Gasteiger partial charge is 0.394 e. The molecule has 1 saturated heterocycles. The molecular formula is C23H30N4O5S. The van der Waals surface area contributed by atoms with Gasteiger partial charge >= 0.3 is 0 Å². The van der Waals surface area contributed by atoms with E-state index < -0.39 is 15.9 Å². The van der Waals surface area contributed by atoms with E-state index >= 15 is 0 Å². The van der Waals surface area contributed by atoms with Crippen LogP contribution in [0.4, 0.5) is 0 Å². The highest BCUT2D eigenvalue weighted by Crippen LogP contribution is 2.25. The third-order valence-electron chi connectivity index (χ3n) is 6.20. The Kier molecular flexibility index (Phi) is 7.38. The molecule has 9 nitrogen and oxygen atoms in total. The summed E-state index contributed by atoms with van der Waals surface area (Å²) in [5.41, 5.74) is 2.82. The summed E-state index contributed by atoms with van der Waals surface area (Å²) in [5.74, 6) is 0.147. The SMILES string of the molecule is CCS(=O)(=O)c1ccc(C(CO)NC(=O)c2cnc3c(c2)CN(CC2CCCOC2)C3)nc1. The summed E-state index contributed by atoms with van der Waals surface area (Å²) in [4.78, 5) is 23.9. The Labute approximate surface area is 194 Å². The van der Waals surface area contributed by atoms with Crippen molar-refractivity contribution in [3.05, 3.63) is 53.1 Å². The lowest BCUT2D eigenvalue weighted by molar-refractivity contribution is 0.0378. The number of carbonyl (C=O) groups is 1. The Hall–Kier alpha value is -2.40. The molecule has 4 rings (SSSR count). The first-order valence-electron chi connectivity index (χ1n) is 11.3. The Balaban J connectivity index is 1.40. The summed E-state index contributed by atoms with van der Waals surface area (Å²) in [6.07, 6.45) is 5.09. The third kappa shape index (κ3) is 5.57. The van der Waals surface area contributed by atoms with Crippen molar-refractivity contribution >= 4 is 15.7 Å². The minimum atomic E-state index is -3.37. The molecule has 1 amide bonds. The molecule has 0 bridgehead atoms. The average molecular weight is 475 g/mol. The number of hydrogen-bond acceptors (Lipinski definition) is 8. The molecule has 2 aliphatic heterocycles. The van der Waals surface area contributed by atoms with Crippen LogP contribution >= 0.6 is 0 Å². The molecule has 10 heteroatoms. The van der Waals surface area contributed by atoms with E-state index in [4.69, 9.17) is 4.74 Å². The molecule has 178 valence electrons. The number of aliphatic hydroxyl groups excluding tert-OH is 1. The van der Waals surface area contributed by atoms with Crippen molar-refractivity contribution in [1.82, 2.24) is 20.2 Å². The summed E-state index contributed by atoms with van der Waals surface area (Å²) in [7, 11) is -3.37. The van der Waals surface area contributed by atoms with Crippen LogP contribution in [0.25, 0.3) is 0 Å². The van der Waals surface area contributed by atoms with Gasteiger partial charge in [-0.2, -0.15) is 0 Å². The standard InChI is InChI=1S/C23H30N4O5S/c1-2-33(30,31)19-5-6-20(25-10-19)22(14-28)26-23(29)17-8-18-12-27(13-21(18)24-9-17)11-16-4-3-7-32-15-16/h5-6,8-10,16,22,28H,2-4,7,11-15H2,1H3,(H,26,29). The topological polar surface area (TPSA) is 122 Å². The van der Waals surface area contributed by atoms with E-state index in [-0.39, 0.29) is 23.2 Å². The number of nitrogens with zero attached hydrogens (tertiary/aromatic N) is 3. The third-order valence-corrected chi connectivity index (χ3v) is 7.92. The second kappa shape index (κ2) is 10.3. The van der Waals surface area contributed by atoms with Crippen LogP contribution in [-0.4, -0.2) is 66.4 Å². The molecule has 0 radical (unpaired) electrons. The second-order valence-corrected chi connectivity index (χ2v) is 10.9. The maximum atomic E-state index is 12.8. The quantitative estimate of drug-likeness (QED) is 0.590. The number of aliphatic hydroxyl groups is 1. The van der Waals surface area contributed by atoms with Gasteiger partial charge in [0.1, 0.15) is 0 Å². The number of hydrogen-bond donors (Lipinski definition) is 2. The predicted octanol–water partition coefficient (Wildman–Crippen LogP) is 1.48. The van der Waals surface area contributed by atoms with Crippen LogP contribution < -0.4 is 5.32 Å². The fraction of sp³-hybridized carbons (Fsp3) is 0.522. The van der Waals surface area contributed by atoms with E-state index in [9.17, 15) is 18.3 Å². The van der Waals surface area contributed by atoms with Gasteiger partial charge in [0.2, 0.25) is 0 Å². The monoisotopic (exact) mass is 474 g/mol. The van der Waals surface area contributed by atoms with Crippen molar-refractivity contribution in [3.8, 4) is 0 Å². The van der Waals surface area contributed by atoms with Gasteiger partial charge < -0.3 is 15.2 Å². The van der Waals surface area contributed by atoms with Crippen LogP contribution in [0.3, 0.4) is 0 Å². The van der Waals surface area contributed by atoms with Gasteiger partial charge in [-0.05, 0) is 42.5 Å².